The fourth-order valence-corrected chi connectivity index (χ4v) is 3.85. The standard InChI is InChI=1S/C18H24N2OS/c1-2-8-20(13-16-7-12-22-15-16)17-5-9-19(10-6-17)14-18-4-3-11-21-18/h2-4,7,11-12,15,17H,1,5-6,8-10,13-14H2. The first-order valence-electron chi connectivity index (χ1n) is 7.96. The van der Waals surface area contributed by atoms with E-state index in [0.717, 1.165) is 38.5 Å². The molecule has 0 aliphatic carbocycles. The summed E-state index contributed by atoms with van der Waals surface area (Å²) in [6.07, 6.45) is 6.23. The summed E-state index contributed by atoms with van der Waals surface area (Å²) >= 11 is 1.78. The molecule has 0 bridgehead atoms. The van der Waals surface area contributed by atoms with Crippen molar-refractivity contribution in [3.8, 4) is 0 Å². The molecule has 0 aromatic carbocycles. The van der Waals surface area contributed by atoms with E-state index in [4.69, 9.17) is 4.42 Å². The van der Waals surface area contributed by atoms with Gasteiger partial charge < -0.3 is 4.42 Å². The Morgan fingerprint density at radius 2 is 2.23 bits per heavy atom. The van der Waals surface area contributed by atoms with Gasteiger partial charge in [0, 0.05) is 32.2 Å². The van der Waals surface area contributed by atoms with Gasteiger partial charge in [-0.25, -0.2) is 0 Å². The molecule has 0 N–H and O–H groups in total. The van der Waals surface area contributed by atoms with Crippen LogP contribution in [-0.2, 0) is 13.1 Å². The fraction of sp³-hybridized carbons (Fsp3) is 0.444. The smallest absolute Gasteiger partial charge is 0.117 e. The first kappa shape index (κ1) is 15.5. The molecule has 2 aromatic heterocycles. The second kappa shape index (κ2) is 7.77. The average Bonchev–Trinajstić information content (AvgIpc) is 3.21. The molecule has 1 saturated heterocycles. The summed E-state index contributed by atoms with van der Waals surface area (Å²) in [5.74, 6) is 1.07. The summed E-state index contributed by atoms with van der Waals surface area (Å²) in [5.41, 5.74) is 1.42. The highest BCUT2D eigenvalue weighted by Crippen LogP contribution is 2.21. The van der Waals surface area contributed by atoms with E-state index in [9.17, 15) is 0 Å². The van der Waals surface area contributed by atoms with Crippen molar-refractivity contribution in [1.29, 1.82) is 0 Å². The predicted molar refractivity (Wildman–Crippen MR) is 91.9 cm³/mol. The molecular formula is C18H24N2OS. The van der Waals surface area contributed by atoms with Crippen LogP contribution in [0.1, 0.15) is 24.2 Å². The molecule has 0 radical (unpaired) electrons. The third-order valence-electron chi connectivity index (χ3n) is 4.36. The normalized spacial score (nSPS) is 17.1. The SMILES string of the molecule is C=CCN(Cc1ccsc1)C1CCN(Cc2ccco2)CC1. The van der Waals surface area contributed by atoms with Crippen molar-refractivity contribution < 1.29 is 4.42 Å². The van der Waals surface area contributed by atoms with E-state index in [2.05, 4.69) is 39.3 Å². The molecule has 0 unspecified atom stereocenters. The maximum atomic E-state index is 5.46. The minimum atomic E-state index is 0.658. The van der Waals surface area contributed by atoms with E-state index in [-0.39, 0.29) is 0 Å². The van der Waals surface area contributed by atoms with Gasteiger partial charge in [0.25, 0.3) is 0 Å². The van der Waals surface area contributed by atoms with E-state index < -0.39 is 0 Å². The maximum absolute atomic E-state index is 5.46. The topological polar surface area (TPSA) is 19.6 Å². The van der Waals surface area contributed by atoms with Gasteiger partial charge in [0.1, 0.15) is 5.76 Å². The maximum Gasteiger partial charge on any atom is 0.117 e. The average molecular weight is 316 g/mol. The van der Waals surface area contributed by atoms with Crippen LogP contribution in [0, 0.1) is 0 Å². The van der Waals surface area contributed by atoms with Gasteiger partial charge in [0.15, 0.2) is 0 Å². The van der Waals surface area contributed by atoms with Crippen molar-refractivity contribution in [3.63, 3.8) is 0 Å². The van der Waals surface area contributed by atoms with Crippen LogP contribution in [0.25, 0.3) is 0 Å². The molecule has 1 fully saturated rings. The minimum absolute atomic E-state index is 0.658. The Kier molecular flexibility index (Phi) is 5.48. The van der Waals surface area contributed by atoms with E-state index in [1.807, 2.05) is 12.1 Å². The van der Waals surface area contributed by atoms with E-state index in [1.165, 1.54) is 18.4 Å². The summed E-state index contributed by atoms with van der Waals surface area (Å²) in [6, 6.07) is 6.92. The molecule has 1 aliphatic heterocycles. The van der Waals surface area contributed by atoms with Gasteiger partial charge in [-0.15, -0.1) is 6.58 Å². The number of piperidine rings is 1. The predicted octanol–water partition coefficient (Wildman–Crippen LogP) is 3.99. The number of rotatable bonds is 7. The van der Waals surface area contributed by atoms with Gasteiger partial charge in [-0.05, 0) is 47.4 Å². The first-order chi connectivity index (χ1) is 10.8. The Morgan fingerprint density at radius 1 is 1.36 bits per heavy atom. The highest BCUT2D eigenvalue weighted by atomic mass is 32.1. The first-order valence-corrected chi connectivity index (χ1v) is 8.90. The van der Waals surface area contributed by atoms with Gasteiger partial charge in [0.05, 0.1) is 12.8 Å². The number of hydrogen-bond donors (Lipinski definition) is 0. The monoisotopic (exact) mass is 316 g/mol. The van der Waals surface area contributed by atoms with E-state index >= 15 is 0 Å². The van der Waals surface area contributed by atoms with Gasteiger partial charge in [-0.2, -0.15) is 11.3 Å². The van der Waals surface area contributed by atoms with Crippen molar-refractivity contribution in [3.05, 3.63) is 59.2 Å². The molecule has 3 heterocycles. The van der Waals surface area contributed by atoms with Crippen LogP contribution in [0.4, 0.5) is 0 Å². The molecule has 0 atom stereocenters. The number of thiophene rings is 1. The summed E-state index contributed by atoms with van der Waals surface area (Å²) in [5, 5.41) is 4.41. The van der Waals surface area contributed by atoms with Crippen LogP contribution in [0.15, 0.2) is 52.3 Å². The Labute approximate surface area is 136 Å². The lowest BCUT2D eigenvalue weighted by atomic mass is 10.0. The number of nitrogens with zero attached hydrogens (tertiary/aromatic N) is 2. The zero-order valence-electron chi connectivity index (χ0n) is 13.0. The molecule has 3 rings (SSSR count). The molecule has 3 nitrogen and oxygen atoms in total. The molecule has 2 aromatic rings. The van der Waals surface area contributed by atoms with Gasteiger partial charge >= 0.3 is 0 Å². The highest BCUT2D eigenvalue weighted by molar-refractivity contribution is 7.07. The van der Waals surface area contributed by atoms with Crippen LogP contribution in [0.5, 0.6) is 0 Å². The third kappa shape index (κ3) is 4.09. The lowest BCUT2D eigenvalue weighted by Crippen LogP contribution is -2.44. The third-order valence-corrected chi connectivity index (χ3v) is 5.09. The second-order valence-electron chi connectivity index (χ2n) is 5.94. The molecule has 1 aliphatic rings. The van der Waals surface area contributed by atoms with Crippen molar-refractivity contribution in [2.45, 2.75) is 32.0 Å². The van der Waals surface area contributed by atoms with Crippen LogP contribution in [0.2, 0.25) is 0 Å². The van der Waals surface area contributed by atoms with Crippen molar-refractivity contribution in [2.75, 3.05) is 19.6 Å². The molecule has 0 amide bonds. The Balaban J connectivity index is 1.52. The van der Waals surface area contributed by atoms with Crippen molar-refractivity contribution in [1.82, 2.24) is 9.80 Å². The Morgan fingerprint density at radius 3 is 2.86 bits per heavy atom. The van der Waals surface area contributed by atoms with E-state index in [0.29, 0.717) is 6.04 Å². The summed E-state index contributed by atoms with van der Waals surface area (Å²) < 4.78 is 5.46. The zero-order chi connectivity index (χ0) is 15.2. The number of likely N-dealkylation sites (tertiary alicyclic amines) is 1. The second-order valence-corrected chi connectivity index (χ2v) is 6.72. The highest BCUT2D eigenvalue weighted by Gasteiger charge is 2.24. The molecule has 22 heavy (non-hydrogen) atoms. The Hall–Kier alpha value is -1.36. The molecule has 0 spiro atoms. The summed E-state index contributed by atoms with van der Waals surface area (Å²) in [4.78, 5) is 5.06. The van der Waals surface area contributed by atoms with Crippen molar-refractivity contribution >= 4 is 11.3 Å². The van der Waals surface area contributed by atoms with Gasteiger partial charge in [-0.1, -0.05) is 6.08 Å². The fourth-order valence-electron chi connectivity index (χ4n) is 3.19. The Bertz CT molecular complexity index is 542. The van der Waals surface area contributed by atoms with Crippen LogP contribution >= 0.6 is 11.3 Å². The quantitative estimate of drug-likeness (QED) is 0.720. The molecule has 118 valence electrons. The summed E-state index contributed by atoms with van der Waals surface area (Å²) in [7, 11) is 0. The molecule has 0 saturated carbocycles. The lowest BCUT2D eigenvalue weighted by Gasteiger charge is -2.37. The molecular weight excluding hydrogens is 292 g/mol. The van der Waals surface area contributed by atoms with Gasteiger partial charge in [0.2, 0.25) is 0 Å². The van der Waals surface area contributed by atoms with Crippen LogP contribution < -0.4 is 0 Å². The van der Waals surface area contributed by atoms with Crippen LogP contribution in [0.3, 0.4) is 0 Å². The summed E-state index contributed by atoms with van der Waals surface area (Å²) in [6.45, 7) is 9.16. The van der Waals surface area contributed by atoms with Gasteiger partial charge in [-0.3, -0.25) is 9.80 Å². The zero-order valence-corrected chi connectivity index (χ0v) is 13.8. The molecule has 4 heteroatoms. The van der Waals surface area contributed by atoms with E-state index in [1.54, 1.807) is 17.6 Å². The lowest BCUT2D eigenvalue weighted by molar-refractivity contribution is 0.104. The van der Waals surface area contributed by atoms with Crippen molar-refractivity contribution in [2.24, 2.45) is 0 Å². The minimum Gasteiger partial charge on any atom is -0.468 e. The largest absolute Gasteiger partial charge is 0.468 e. The van der Waals surface area contributed by atoms with Crippen LogP contribution in [-0.4, -0.2) is 35.5 Å². The number of hydrogen-bond acceptors (Lipinski definition) is 4. The number of furan rings is 1.